The number of nitrogens with zero attached hydrogens (tertiary/aromatic N) is 1. The van der Waals surface area contributed by atoms with Crippen LogP contribution in [0.5, 0.6) is 17.2 Å². The van der Waals surface area contributed by atoms with E-state index in [1.807, 2.05) is 5.43 Å². The molecule has 0 saturated carbocycles. The number of carbonyl (C=O) groups is 1. The molecule has 0 fully saturated rings. The van der Waals surface area contributed by atoms with Crippen LogP contribution in [-0.4, -0.2) is 42.8 Å². The van der Waals surface area contributed by atoms with Gasteiger partial charge in [-0.1, -0.05) is 0 Å². The average Bonchev–Trinajstić information content (AvgIpc) is 2.67. The highest BCUT2D eigenvalue weighted by atomic mass is 79.9. The summed E-state index contributed by atoms with van der Waals surface area (Å²) in [6.45, 7) is -3.39. The molecule has 14 heteroatoms. The average molecular weight is 594 g/mol. The number of aromatic hydroxyl groups is 1. The summed E-state index contributed by atoms with van der Waals surface area (Å²) in [6.07, 6.45) is -8.21. The number of benzene rings is 2. The first-order chi connectivity index (χ1) is 14.7. The number of alkyl halides is 6. The maximum atomic E-state index is 12.5. The second-order valence-corrected chi connectivity index (χ2v) is 7.71. The summed E-state index contributed by atoms with van der Waals surface area (Å²) in [5.74, 6) is -2.09. The van der Waals surface area contributed by atoms with Crippen molar-refractivity contribution in [1.82, 2.24) is 5.43 Å². The molecule has 6 nitrogen and oxygen atoms in total. The highest BCUT2D eigenvalue weighted by Crippen LogP contribution is 2.33. The summed E-state index contributed by atoms with van der Waals surface area (Å²) in [5, 5.41) is 13.3. The van der Waals surface area contributed by atoms with Gasteiger partial charge in [-0.25, -0.2) is 5.43 Å². The molecule has 0 radical (unpaired) electrons. The molecule has 1 amide bonds. The van der Waals surface area contributed by atoms with Gasteiger partial charge in [0.25, 0.3) is 5.91 Å². The molecule has 0 unspecified atom stereocenters. The van der Waals surface area contributed by atoms with E-state index in [1.165, 1.54) is 12.1 Å². The molecule has 2 rings (SSSR count). The minimum Gasteiger partial charge on any atom is -0.506 e. The number of nitrogens with one attached hydrogen (secondary N) is 1. The zero-order valence-corrected chi connectivity index (χ0v) is 18.7. The Morgan fingerprint density at radius 1 is 1.00 bits per heavy atom. The lowest BCUT2D eigenvalue weighted by molar-refractivity contribution is -0.154. The number of rotatable bonds is 7. The van der Waals surface area contributed by atoms with E-state index in [0.29, 0.717) is 14.5 Å². The number of phenolic OH excluding ortho intramolecular Hbond substituents is 1. The minimum absolute atomic E-state index is 0.0756. The summed E-state index contributed by atoms with van der Waals surface area (Å²) >= 11 is 6.20. The number of phenols is 1. The topological polar surface area (TPSA) is 80.2 Å². The maximum absolute atomic E-state index is 12.5. The summed E-state index contributed by atoms with van der Waals surface area (Å²) in [6, 6.07) is 5.53. The third-order valence-corrected chi connectivity index (χ3v) is 4.62. The Labute approximate surface area is 193 Å². The van der Waals surface area contributed by atoms with Gasteiger partial charge in [0.2, 0.25) is 0 Å². The van der Waals surface area contributed by atoms with Crippen molar-refractivity contribution in [3.8, 4) is 17.2 Å². The highest BCUT2D eigenvalue weighted by Gasteiger charge is 2.30. The number of ether oxygens (including phenoxy) is 2. The smallest absolute Gasteiger partial charge is 0.422 e. The molecular formula is C18H12Br2F6N2O4. The van der Waals surface area contributed by atoms with Crippen LogP contribution in [0.2, 0.25) is 0 Å². The summed E-state index contributed by atoms with van der Waals surface area (Å²) in [5.41, 5.74) is 1.92. The predicted octanol–water partition coefficient (Wildman–Crippen LogP) is 5.56. The highest BCUT2D eigenvalue weighted by molar-refractivity contribution is 9.11. The Morgan fingerprint density at radius 2 is 1.56 bits per heavy atom. The lowest BCUT2D eigenvalue weighted by Gasteiger charge is -2.14. The van der Waals surface area contributed by atoms with E-state index in [1.54, 1.807) is 0 Å². The molecule has 0 aliphatic rings. The van der Waals surface area contributed by atoms with Crippen LogP contribution in [0.15, 0.2) is 44.4 Å². The molecule has 32 heavy (non-hydrogen) atoms. The van der Waals surface area contributed by atoms with Crippen molar-refractivity contribution in [2.75, 3.05) is 13.2 Å². The van der Waals surface area contributed by atoms with Crippen LogP contribution in [0.3, 0.4) is 0 Å². The fraction of sp³-hybridized carbons (Fsp3) is 0.222. The maximum Gasteiger partial charge on any atom is 0.422 e. The van der Waals surface area contributed by atoms with Crippen molar-refractivity contribution in [1.29, 1.82) is 0 Å². The van der Waals surface area contributed by atoms with Gasteiger partial charge in [-0.3, -0.25) is 4.79 Å². The molecule has 0 bridgehead atoms. The molecule has 2 N–H and O–H groups in total. The second-order valence-electron chi connectivity index (χ2n) is 6.00. The first-order valence-electron chi connectivity index (χ1n) is 8.30. The van der Waals surface area contributed by atoms with Gasteiger partial charge in [-0.2, -0.15) is 31.4 Å². The largest absolute Gasteiger partial charge is 0.506 e. The van der Waals surface area contributed by atoms with Crippen LogP contribution < -0.4 is 14.9 Å². The van der Waals surface area contributed by atoms with Crippen LogP contribution in [-0.2, 0) is 0 Å². The Balaban J connectivity index is 2.23. The van der Waals surface area contributed by atoms with E-state index < -0.39 is 48.5 Å². The Hall–Kier alpha value is -2.48. The van der Waals surface area contributed by atoms with E-state index in [2.05, 4.69) is 46.4 Å². The Kier molecular flexibility index (Phi) is 8.40. The SMILES string of the molecule is O=C(NN=Cc1cc(Br)c(O)c(Br)c1)c1cc(OCC(F)(F)F)ccc1OCC(F)(F)F. The molecule has 0 aliphatic carbocycles. The molecule has 0 aromatic heterocycles. The monoisotopic (exact) mass is 592 g/mol. The molecule has 0 spiro atoms. The van der Waals surface area contributed by atoms with Crippen molar-refractivity contribution in [3.05, 3.63) is 50.4 Å². The van der Waals surface area contributed by atoms with Gasteiger partial charge in [0.15, 0.2) is 13.2 Å². The van der Waals surface area contributed by atoms with Gasteiger partial charge >= 0.3 is 12.4 Å². The lowest BCUT2D eigenvalue weighted by atomic mass is 10.2. The number of carbonyl (C=O) groups excluding carboxylic acids is 1. The van der Waals surface area contributed by atoms with Crippen molar-refractivity contribution in [3.63, 3.8) is 0 Å². The number of hydrazone groups is 1. The molecule has 0 saturated heterocycles. The minimum atomic E-state index is -4.71. The van der Waals surface area contributed by atoms with Crippen LogP contribution in [0.4, 0.5) is 26.3 Å². The zero-order chi connectivity index (χ0) is 24.1. The predicted molar refractivity (Wildman–Crippen MR) is 108 cm³/mol. The van der Waals surface area contributed by atoms with E-state index in [-0.39, 0.29) is 5.75 Å². The first kappa shape index (κ1) is 25.8. The van der Waals surface area contributed by atoms with Crippen molar-refractivity contribution >= 4 is 44.0 Å². The summed E-state index contributed by atoms with van der Waals surface area (Å²) in [4.78, 5) is 12.4. The van der Waals surface area contributed by atoms with Crippen LogP contribution in [0.1, 0.15) is 15.9 Å². The van der Waals surface area contributed by atoms with Gasteiger partial charge in [-0.15, -0.1) is 0 Å². The number of amides is 1. The van der Waals surface area contributed by atoms with E-state index in [9.17, 15) is 36.2 Å². The normalized spacial score (nSPS) is 12.1. The molecule has 2 aromatic rings. The molecule has 2 aromatic carbocycles. The molecule has 174 valence electrons. The van der Waals surface area contributed by atoms with Crippen molar-refractivity contribution in [2.45, 2.75) is 12.4 Å². The zero-order valence-electron chi connectivity index (χ0n) is 15.5. The molecular weight excluding hydrogens is 582 g/mol. The van der Waals surface area contributed by atoms with E-state index in [0.717, 1.165) is 24.4 Å². The number of hydrogen-bond donors (Lipinski definition) is 2. The molecule has 0 atom stereocenters. The van der Waals surface area contributed by atoms with Crippen LogP contribution in [0.25, 0.3) is 0 Å². The lowest BCUT2D eigenvalue weighted by Crippen LogP contribution is -2.23. The third-order valence-electron chi connectivity index (χ3n) is 3.41. The van der Waals surface area contributed by atoms with Gasteiger partial charge in [0, 0.05) is 0 Å². The number of hydrogen-bond acceptors (Lipinski definition) is 5. The molecule has 0 aliphatic heterocycles. The first-order valence-corrected chi connectivity index (χ1v) is 9.88. The van der Waals surface area contributed by atoms with Gasteiger partial charge in [0.1, 0.15) is 17.2 Å². The summed E-state index contributed by atoms with van der Waals surface area (Å²) in [7, 11) is 0. The Morgan fingerprint density at radius 3 is 2.12 bits per heavy atom. The van der Waals surface area contributed by atoms with Gasteiger partial charge in [-0.05, 0) is 67.8 Å². The fourth-order valence-corrected chi connectivity index (χ4v) is 3.33. The van der Waals surface area contributed by atoms with Crippen molar-refractivity contribution < 1.29 is 45.7 Å². The molecule has 0 heterocycles. The third kappa shape index (κ3) is 8.22. The Bertz CT molecular complexity index is 989. The summed E-state index contributed by atoms with van der Waals surface area (Å²) < 4.78 is 84.2. The van der Waals surface area contributed by atoms with E-state index in [4.69, 9.17) is 0 Å². The standard InChI is InChI=1S/C18H12Br2F6N2O4/c19-12-3-9(4-13(20)15(12)29)6-27-28-16(30)11-5-10(31-7-17(21,22)23)1-2-14(11)32-8-18(24,25)26/h1-6,29H,7-8H2,(H,28,30). The van der Waals surface area contributed by atoms with Gasteiger partial charge in [0.05, 0.1) is 20.7 Å². The van der Waals surface area contributed by atoms with Crippen LogP contribution in [0, 0.1) is 0 Å². The van der Waals surface area contributed by atoms with Crippen LogP contribution >= 0.6 is 31.9 Å². The quantitative estimate of drug-likeness (QED) is 0.250. The number of halogens is 8. The fourth-order valence-electron chi connectivity index (χ4n) is 2.11. The van der Waals surface area contributed by atoms with Gasteiger partial charge < -0.3 is 14.6 Å². The second kappa shape index (κ2) is 10.4. The van der Waals surface area contributed by atoms with Crippen molar-refractivity contribution in [2.24, 2.45) is 5.10 Å². The van der Waals surface area contributed by atoms with E-state index >= 15 is 0 Å².